The second-order valence-corrected chi connectivity index (χ2v) is 7.94. The van der Waals surface area contributed by atoms with E-state index in [2.05, 4.69) is 12.1 Å². The van der Waals surface area contributed by atoms with Crippen molar-refractivity contribution >= 4 is 6.09 Å². The second kappa shape index (κ2) is 5.78. The number of hydrogen-bond donors (Lipinski definition) is 1. The Morgan fingerprint density at radius 3 is 2.62 bits per heavy atom. The van der Waals surface area contributed by atoms with E-state index in [9.17, 15) is 10.1 Å². The predicted octanol–water partition coefficient (Wildman–Crippen LogP) is 3.23. The number of nitrogens with two attached hydrogens (primary N) is 1. The van der Waals surface area contributed by atoms with Crippen molar-refractivity contribution in [1.82, 2.24) is 4.90 Å². The van der Waals surface area contributed by atoms with Crippen LogP contribution in [0.5, 0.6) is 0 Å². The number of amides is 1. The van der Waals surface area contributed by atoms with Crippen molar-refractivity contribution in [3.05, 3.63) is 34.9 Å². The summed E-state index contributed by atoms with van der Waals surface area (Å²) in [6.45, 7) is 6.97. The zero-order valence-corrected chi connectivity index (χ0v) is 14.6. The fourth-order valence-corrected chi connectivity index (χ4v) is 4.07. The summed E-state index contributed by atoms with van der Waals surface area (Å²) in [5, 5.41) is 9.35. The molecule has 1 saturated heterocycles. The summed E-state index contributed by atoms with van der Waals surface area (Å²) in [4.78, 5) is 14.0. The lowest BCUT2D eigenvalue weighted by Crippen LogP contribution is -2.46. The van der Waals surface area contributed by atoms with Gasteiger partial charge in [-0.1, -0.05) is 12.1 Å². The van der Waals surface area contributed by atoms with Crippen LogP contribution in [0.1, 0.15) is 62.8 Å². The number of fused-ring (bicyclic) bond motifs is 2. The van der Waals surface area contributed by atoms with Gasteiger partial charge in [0.2, 0.25) is 0 Å². The molecule has 5 nitrogen and oxygen atoms in total. The van der Waals surface area contributed by atoms with Crippen LogP contribution in [0.2, 0.25) is 0 Å². The Balaban J connectivity index is 1.79. The van der Waals surface area contributed by atoms with Crippen molar-refractivity contribution in [3.63, 3.8) is 0 Å². The molecule has 24 heavy (non-hydrogen) atoms. The van der Waals surface area contributed by atoms with Crippen LogP contribution in [0.25, 0.3) is 0 Å². The fourth-order valence-electron chi connectivity index (χ4n) is 4.07. The molecule has 1 aliphatic heterocycles. The van der Waals surface area contributed by atoms with Crippen molar-refractivity contribution in [3.8, 4) is 6.07 Å². The molecule has 1 amide bonds. The molecule has 128 valence electrons. The van der Waals surface area contributed by atoms with Crippen LogP contribution in [0.3, 0.4) is 0 Å². The van der Waals surface area contributed by atoms with Crippen LogP contribution >= 0.6 is 0 Å². The first-order valence-corrected chi connectivity index (χ1v) is 8.53. The van der Waals surface area contributed by atoms with Crippen molar-refractivity contribution in [1.29, 1.82) is 5.26 Å². The normalized spacial score (nSPS) is 22.1. The van der Waals surface area contributed by atoms with Crippen molar-refractivity contribution in [2.45, 2.75) is 57.1 Å². The molecule has 1 aromatic carbocycles. The van der Waals surface area contributed by atoms with Gasteiger partial charge >= 0.3 is 6.09 Å². The van der Waals surface area contributed by atoms with E-state index in [1.54, 1.807) is 4.90 Å². The molecule has 0 aromatic heterocycles. The van der Waals surface area contributed by atoms with E-state index in [0.717, 1.165) is 24.8 Å². The molecule has 5 heteroatoms. The van der Waals surface area contributed by atoms with Crippen LogP contribution in [-0.4, -0.2) is 29.7 Å². The van der Waals surface area contributed by atoms with Gasteiger partial charge in [-0.3, -0.25) is 0 Å². The molecule has 0 bridgehead atoms. The average molecular weight is 327 g/mol. The lowest BCUT2D eigenvalue weighted by Gasteiger charge is -2.40. The number of nitriles is 1. The quantitative estimate of drug-likeness (QED) is 0.793. The molecule has 2 N–H and O–H groups in total. The van der Waals surface area contributed by atoms with Crippen molar-refractivity contribution < 1.29 is 9.53 Å². The first-order valence-electron chi connectivity index (χ1n) is 8.53. The van der Waals surface area contributed by atoms with E-state index < -0.39 is 5.60 Å². The highest BCUT2D eigenvalue weighted by Gasteiger charge is 2.46. The minimum absolute atomic E-state index is 0.0138. The van der Waals surface area contributed by atoms with Crippen LogP contribution in [0, 0.1) is 11.3 Å². The van der Waals surface area contributed by atoms with Crippen LogP contribution in [0.4, 0.5) is 4.79 Å². The molecule has 1 aliphatic carbocycles. The van der Waals surface area contributed by atoms with Gasteiger partial charge < -0.3 is 15.4 Å². The summed E-state index contributed by atoms with van der Waals surface area (Å²) < 4.78 is 5.47. The molecular formula is C19H25N3O2. The van der Waals surface area contributed by atoms with Gasteiger partial charge in [-0.15, -0.1) is 0 Å². The molecule has 1 unspecified atom stereocenters. The minimum atomic E-state index is -0.476. The largest absolute Gasteiger partial charge is 0.444 e. The maximum absolute atomic E-state index is 12.3. The van der Waals surface area contributed by atoms with Gasteiger partial charge in [0.15, 0.2) is 0 Å². The number of piperidine rings is 1. The Labute approximate surface area is 143 Å². The molecule has 2 aliphatic rings. The highest BCUT2D eigenvalue weighted by atomic mass is 16.6. The SMILES string of the molecule is CC(C)(C)OC(=O)N1CCC2(CC1)CC(N)c1c(C#N)cccc12. The van der Waals surface area contributed by atoms with E-state index in [-0.39, 0.29) is 17.6 Å². The summed E-state index contributed by atoms with van der Waals surface area (Å²) in [6.07, 6.45) is 2.33. The van der Waals surface area contributed by atoms with Gasteiger partial charge in [0.25, 0.3) is 0 Å². The zero-order chi connectivity index (χ0) is 17.5. The Morgan fingerprint density at radius 2 is 2.04 bits per heavy atom. The third kappa shape index (κ3) is 2.87. The molecule has 0 saturated carbocycles. The number of nitrogens with zero attached hydrogens (tertiary/aromatic N) is 2. The molecule has 1 spiro atoms. The van der Waals surface area contributed by atoms with Gasteiger partial charge in [-0.2, -0.15) is 5.26 Å². The predicted molar refractivity (Wildman–Crippen MR) is 91.4 cm³/mol. The number of hydrogen-bond acceptors (Lipinski definition) is 4. The third-order valence-electron chi connectivity index (χ3n) is 5.15. The van der Waals surface area contributed by atoms with Crippen molar-refractivity contribution in [2.24, 2.45) is 5.73 Å². The number of likely N-dealkylation sites (tertiary alicyclic amines) is 1. The Morgan fingerprint density at radius 1 is 1.38 bits per heavy atom. The summed E-state index contributed by atoms with van der Waals surface area (Å²) in [6, 6.07) is 8.06. The number of carbonyl (C=O) groups excluding carboxylic acids is 1. The van der Waals surface area contributed by atoms with Crippen LogP contribution < -0.4 is 5.73 Å². The zero-order valence-electron chi connectivity index (χ0n) is 14.6. The molecular weight excluding hydrogens is 302 g/mol. The molecule has 1 fully saturated rings. The van der Waals surface area contributed by atoms with Gasteiger partial charge in [0, 0.05) is 24.5 Å². The Bertz CT molecular complexity index is 692. The van der Waals surface area contributed by atoms with Gasteiger partial charge in [-0.05, 0) is 57.2 Å². The number of carbonyl (C=O) groups is 1. The Kier molecular flexibility index (Phi) is 4.05. The van der Waals surface area contributed by atoms with Crippen LogP contribution in [-0.2, 0) is 10.2 Å². The third-order valence-corrected chi connectivity index (χ3v) is 5.15. The maximum atomic E-state index is 12.3. The summed E-state index contributed by atoms with van der Waals surface area (Å²) in [5.41, 5.74) is 8.76. The highest BCUT2D eigenvalue weighted by molar-refractivity contribution is 5.68. The standard InChI is InChI=1S/C19H25N3O2/c1-18(2,3)24-17(23)22-9-7-19(8-10-22)11-15(21)16-13(12-20)5-4-6-14(16)19/h4-6,15H,7-11,21H2,1-3H3. The van der Waals surface area contributed by atoms with Gasteiger partial charge in [0.05, 0.1) is 11.6 Å². The first-order chi connectivity index (χ1) is 11.3. The molecule has 1 heterocycles. The number of ether oxygens (including phenoxy) is 1. The minimum Gasteiger partial charge on any atom is -0.444 e. The number of benzene rings is 1. The highest BCUT2D eigenvalue weighted by Crippen LogP contribution is 2.50. The van der Waals surface area contributed by atoms with E-state index in [1.807, 2.05) is 32.9 Å². The summed E-state index contributed by atoms with van der Waals surface area (Å²) in [5.74, 6) is 0. The van der Waals surface area contributed by atoms with Gasteiger partial charge in [0.1, 0.15) is 5.60 Å². The second-order valence-electron chi connectivity index (χ2n) is 7.94. The molecule has 3 rings (SSSR count). The fraction of sp³-hybridized carbons (Fsp3) is 0.579. The maximum Gasteiger partial charge on any atom is 0.410 e. The molecule has 1 atom stereocenters. The van der Waals surface area contributed by atoms with E-state index >= 15 is 0 Å². The van der Waals surface area contributed by atoms with E-state index in [0.29, 0.717) is 18.7 Å². The van der Waals surface area contributed by atoms with Crippen molar-refractivity contribution in [2.75, 3.05) is 13.1 Å². The topological polar surface area (TPSA) is 79.3 Å². The summed E-state index contributed by atoms with van der Waals surface area (Å²) in [7, 11) is 0. The smallest absolute Gasteiger partial charge is 0.410 e. The van der Waals surface area contributed by atoms with Crippen LogP contribution in [0.15, 0.2) is 18.2 Å². The number of rotatable bonds is 0. The molecule has 0 radical (unpaired) electrons. The van der Waals surface area contributed by atoms with E-state index in [4.69, 9.17) is 10.5 Å². The lowest BCUT2D eigenvalue weighted by molar-refractivity contribution is 0.0162. The first kappa shape index (κ1) is 16.8. The molecule has 1 aromatic rings. The van der Waals surface area contributed by atoms with E-state index in [1.165, 1.54) is 5.56 Å². The van der Waals surface area contributed by atoms with Gasteiger partial charge in [-0.25, -0.2) is 4.79 Å². The monoisotopic (exact) mass is 327 g/mol. The average Bonchev–Trinajstić information content (AvgIpc) is 2.79. The Hall–Kier alpha value is -2.06. The summed E-state index contributed by atoms with van der Waals surface area (Å²) >= 11 is 0. The lowest BCUT2D eigenvalue weighted by atomic mass is 9.73.